The summed E-state index contributed by atoms with van der Waals surface area (Å²) in [6, 6.07) is 6.60. The van der Waals surface area contributed by atoms with Gasteiger partial charge in [0.25, 0.3) is 0 Å². The maximum absolute atomic E-state index is 13.5. The van der Waals surface area contributed by atoms with E-state index in [9.17, 15) is 4.39 Å². The lowest BCUT2D eigenvalue weighted by atomic mass is 9.95. The number of anilines is 2. The maximum atomic E-state index is 13.5. The third-order valence-corrected chi connectivity index (χ3v) is 7.11. The van der Waals surface area contributed by atoms with Gasteiger partial charge in [-0.3, -0.25) is 4.90 Å². The molecule has 0 bridgehead atoms. The molecule has 2 fully saturated rings. The molecule has 0 spiro atoms. The normalized spacial score (nSPS) is 17.7. The minimum Gasteiger partial charge on any atom is -0.383 e. The van der Waals surface area contributed by atoms with Gasteiger partial charge in [-0.15, -0.1) is 0 Å². The molecule has 35 heavy (non-hydrogen) atoms. The van der Waals surface area contributed by atoms with Crippen molar-refractivity contribution in [2.75, 3.05) is 50.2 Å². The Balaban J connectivity index is 1.35. The van der Waals surface area contributed by atoms with Gasteiger partial charge in [0.1, 0.15) is 29.6 Å². The molecule has 186 valence electrons. The summed E-state index contributed by atoms with van der Waals surface area (Å²) in [5.41, 5.74) is 8.97. The van der Waals surface area contributed by atoms with E-state index in [4.69, 9.17) is 15.5 Å². The van der Waals surface area contributed by atoms with Crippen LogP contribution in [0.2, 0.25) is 0 Å². The number of aromatic nitrogens is 4. The van der Waals surface area contributed by atoms with E-state index in [-0.39, 0.29) is 5.82 Å². The van der Waals surface area contributed by atoms with Crippen molar-refractivity contribution in [3.8, 4) is 11.3 Å². The first kappa shape index (κ1) is 23.7. The van der Waals surface area contributed by atoms with Gasteiger partial charge in [-0.25, -0.2) is 19.3 Å². The van der Waals surface area contributed by atoms with Crippen LogP contribution in [0.5, 0.6) is 0 Å². The van der Waals surface area contributed by atoms with Crippen molar-refractivity contribution in [2.24, 2.45) is 0 Å². The lowest BCUT2D eigenvalue weighted by molar-refractivity contribution is -0.0147. The number of halogens is 1. The third kappa shape index (κ3) is 5.31. The summed E-state index contributed by atoms with van der Waals surface area (Å²) >= 11 is 0. The summed E-state index contributed by atoms with van der Waals surface area (Å²) in [6.07, 6.45) is 7.54. The second kappa shape index (κ2) is 10.7. The average Bonchev–Trinajstić information content (AvgIpc) is 3.33. The van der Waals surface area contributed by atoms with Crippen molar-refractivity contribution in [1.82, 2.24) is 24.4 Å². The molecule has 2 aliphatic heterocycles. The molecule has 2 aromatic heterocycles. The number of piperidine rings is 1. The number of nitrogens with two attached hydrogens (primary N) is 1. The molecule has 0 saturated carbocycles. The molecule has 2 aliphatic rings. The number of hydrogen-bond donors (Lipinski definition) is 1. The Morgan fingerprint density at radius 2 is 1.89 bits per heavy atom. The highest BCUT2D eigenvalue weighted by Gasteiger charge is 2.27. The largest absolute Gasteiger partial charge is 0.383 e. The number of ether oxygens (including phenoxy) is 1. The van der Waals surface area contributed by atoms with Crippen LogP contribution in [0.1, 0.15) is 43.5 Å². The van der Waals surface area contributed by atoms with Gasteiger partial charge in [-0.05, 0) is 49.9 Å². The molecule has 0 amide bonds. The van der Waals surface area contributed by atoms with Crippen LogP contribution in [0, 0.1) is 5.82 Å². The first-order valence-electron chi connectivity index (χ1n) is 12.6. The summed E-state index contributed by atoms with van der Waals surface area (Å²) in [7, 11) is 0. The molecule has 0 radical (unpaired) electrons. The van der Waals surface area contributed by atoms with E-state index in [2.05, 4.69) is 37.5 Å². The fraction of sp³-hybridized carbons (Fsp3) is 0.500. The molecule has 8 nitrogen and oxygen atoms in total. The topological polar surface area (TPSA) is 85.3 Å². The maximum Gasteiger partial charge on any atom is 0.137 e. The molecule has 3 aromatic rings. The number of imidazole rings is 1. The molecule has 1 aromatic carbocycles. The van der Waals surface area contributed by atoms with Crippen LogP contribution < -0.4 is 10.6 Å². The number of rotatable bonds is 7. The average molecular weight is 480 g/mol. The van der Waals surface area contributed by atoms with Gasteiger partial charge in [0, 0.05) is 62.6 Å². The van der Waals surface area contributed by atoms with Crippen molar-refractivity contribution < 1.29 is 9.13 Å². The molecule has 2 saturated heterocycles. The second-order valence-corrected chi connectivity index (χ2v) is 9.37. The Morgan fingerprint density at radius 3 is 2.60 bits per heavy atom. The Hall–Kier alpha value is -3.04. The number of hydrogen-bond acceptors (Lipinski definition) is 7. The Kier molecular flexibility index (Phi) is 7.24. The zero-order chi connectivity index (χ0) is 24.2. The standard InChI is InChI=1S/C26H34FN7O/c1-2-22-24(28)29-17-30-26(22)33-11-8-20(9-12-33)25-31-23(19-4-6-21(27)7-5-19)16-34(25)14-13-32-10-3-15-35-18-32/h4-7,16-17,20H,2-3,8-15,18H2,1H3,(H2,28,29,30). The van der Waals surface area contributed by atoms with Crippen molar-refractivity contribution in [3.05, 3.63) is 54.0 Å². The number of nitrogens with zero attached hydrogens (tertiary/aromatic N) is 6. The van der Waals surface area contributed by atoms with Gasteiger partial charge in [0.05, 0.1) is 12.4 Å². The van der Waals surface area contributed by atoms with Gasteiger partial charge in [-0.2, -0.15) is 0 Å². The Labute approximate surface area is 205 Å². The predicted molar refractivity (Wildman–Crippen MR) is 135 cm³/mol. The van der Waals surface area contributed by atoms with Gasteiger partial charge < -0.3 is 19.9 Å². The quantitative estimate of drug-likeness (QED) is 0.553. The van der Waals surface area contributed by atoms with Crippen LogP contribution in [0.25, 0.3) is 11.3 Å². The first-order chi connectivity index (χ1) is 17.1. The first-order valence-corrected chi connectivity index (χ1v) is 12.6. The molecule has 0 atom stereocenters. The third-order valence-electron chi connectivity index (χ3n) is 7.11. The molecule has 0 unspecified atom stereocenters. The van der Waals surface area contributed by atoms with Crippen LogP contribution in [0.15, 0.2) is 36.8 Å². The van der Waals surface area contributed by atoms with E-state index >= 15 is 0 Å². The van der Waals surface area contributed by atoms with Crippen LogP contribution in [0.3, 0.4) is 0 Å². The highest BCUT2D eigenvalue weighted by Crippen LogP contribution is 2.33. The van der Waals surface area contributed by atoms with Crippen molar-refractivity contribution in [2.45, 2.75) is 45.1 Å². The van der Waals surface area contributed by atoms with Crippen LogP contribution >= 0.6 is 0 Å². The summed E-state index contributed by atoms with van der Waals surface area (Å²) in [6.45, 7) is 8.26. The molecular formula is C26H34FN7O. The fourth-order valence-electron chi connectivity index (χ4n) is 5.15. The summed E-state index contributed by atoms with van der Waals surface area (Å²) in [5, 5.41) is 0. The molecule has 9 heteroatoms. The molecular weight excluding hydrogens is 445 g/mol. The van der Waals surface area contributed by atoms with E-state index in [1.54, 1.807) is 18.5 Å². The van der Waals surface area contributed by atoms with E-state index in [1.165, 1.54) is 12.1 Å². The predicted octanol–water partition coefficient (Wildman–Crippen LogP) is 3.69. The minimum absolute atomic E-state index is 0.234. The number of nitrogen functional groups attached to an aromatic ring is 1. The summed E-state index contributed by atoms with van der Waals surface area (Å²) in [5.74, 6) is 2.75. The molecule has 2 N–H and O–H groups in total. The lowest BCUT2D eigenvalue weighted by Crippen LogP contribution is -2.36. The smallest absolute Gasteiger partial charge is 0.137 e. The van der Waals surface area contributed by atoms with E-state index in [0.29, 0.717) is 18.5 Å². The minimum atomic E-state index is -0.234. The Morgan fingerprint density at radius 1 is 1.09 bits per heavy atom. The second-order valence-electron chi connectivity index (χ2n) is 9.37. The van der Waals surface area contributed by atoms with Gasteiger partial charge >= 0.3 is 0 Å². The fourth-order valence-corrected chi connectivity index (χ4v) is 5.15. The van der Waals surface area contributed by atoms with Gasteiger partial charge in [-0.1, -0.05) is 6.92 Å². The Bertz CT molecular complexity index is 1120. The molecule has 0 aliphatic carbocycles. The van der Waals surface area contributed by atoms with E-state index in [0.717, 1.165) is 93.5 Å². The van der Waals surface area contributed by atoms with Crippen LogP contribution in [0.4, 0.5) is 16.0 Å². The highest BCUT2D eigenvalue weighted by atomic mass is 19.1. The van der Waals surface area contributed by atoms with Crippen molar-refractivity contribution in [1.29, 1.82) is 0 Å². The van der Waals surface area contributed by atoms with Crippen molar-refractivity contribution in [3.63, 3.8) is 0 Å². The summed E-state index contributed by atoms with van der Waals surface area (Å²) in [4.78, 5) is 18.5. The zero-order valence-electron chi connectivity index (χ0n) is 20.4. The number of benzene rings is 1. The SMILES string of the molecule is CCc1c(N)ncnc1N1CCC(c2nc(-c3ccc(F)cc3)cn2CCN2CCCOC2)CC1. The lowest BCUT2D eigenvalue weighted by Gasteiger charge is -2.34. The van der Waals surface area contributed by atoms with Crippen molar-refractivity contribution >= 4 is 11.6 Å². The van der Waals surface area contributed by atoms with Crippen LogP contribution in [-0.4, -0.2) is 63.9 Å². The van der Waals surface area contributed by atoms with Gasteiger partial charge in [0.2, 0.25) is 0 Å². The molecule has 5 rings (SSSR count). The van der Waals surface area contributed by atoms with Gasteiger partial charge in [0.15, 0.2) is 0 Å². The highest BCUT2D eigenvalue weighted by molar-refractivity contribution is 5.59. The van der Waals surface area contributed by atoms with Crippen LogP contribution in [-0.2, 0) is 17.7 Å². The zero-order valence-corrected chi connectivity index (χ0v) is 20.4. The molecule has 4 heterocycles. The monoisotopic (exact) mass is 479 g/mol. The van der Waals surface area contributed by atoms with E-state index in [1.807, 2.05) is 0 Å². The van der Waals surface area contributed by atoms with E-state index < -0.39 is 0 Å². The summed E-state index contributed by atoms with van der Waals surface area (Å²) < 4.78 is 21.4.